The molecule has 0 saturated carbocycles. The van der Waals surface area contributed by atoms with Crippen molar-refractivity contribution in [1.82, 2.24) is 4.98 Å². The van der Waals surface area contributed by atoms with Crippen LogP contribution in [0.15, 0.2) is 59.6 Å². The van der Waals surface area contributed by atoms with E-state index in [1.807, 2.05) is 43.3 Å². The Kier molecular flexibility index (Phi) is 4.25. The molecule has 0 aliphatic rings. The van der Waals surface area contributed by atoms with Gasteiger partial charge in [0.2, 0.25) is 0 Å². The highest BCUT2D eigenvalue weighted by Crippen LogP contribution is 2.26. The summed E-state index contributed by atoms with van der Waals surface area (Å²) in [4.78, 5) is 17.0. The van der Waals surface area contributed by atoms with Gasteiger partial charge in [0.25, 0.3) is 0 Å². The van der Waals surface area contributed by atoms with Gasteiger partial charge in [-0.3, -0.25) is 4.79 Å². The molecule has 0 aliphatic carbocycles. The molecule has 0 spiro atoms. The molecule has 22 heavy (non-hydrogen) atoms. The van der Waals surface area contributed by atoms with E-state index in [1.165, 1.54) is 11.8 Å². The molecule has 110 valence electrons. The zero-order chi connectivity index (χ0) is 15.5. The molecule has 0 unspecified atom stereocenters. The molecule has 0 radical (unpaired) electrons. The second kappa shape index (κ2) is 6.32. The Morgan fingerprint density at radius 2 is 1.77 bits per heavy atom. The van der Waals surface area contributed by atoms with Crippen LogP contribution in [0.1, 0.15) is 21.5 Å². The lowest BCUT2D eigenvalue weighted by atomic mass is 10.1. The van der Waals surface area contributed by atoms with Gasteiger partial charge in [-0.05, 0) is 31.0 Å². The first kappa shape index (κ1) is 14.8. The summed E-state index contributed by atoms with van der Waals surface area (Å²) in [5.74, 6) is 0.548. The van der Waals surface area contributed by atoms with Gasteiger partial charge in [0.1, 0.15) is 5.03 Å². The van der Waals surface area contributed by atoms with Crippen LogP contribution in [-0.4, -0.2) is 16.5 Å². The van der Waals surface area contributed by atoms with Gasteiger partial charge in [0.15, 0.2) is 5.78 Å². The van der Waals surface area contributed by atoms with Crippen LogP contribution in [0.5, 0.6) is 0 Å². The minimum absolute atomic E-state index is 0.136. The normalized spacial score (nSPS) is 10.8. The van der Waals surface area contributed by atoms with Crippen LogP contribution in [-0.2, 0) is 0 Å². The SMILES string of the molecule is Cc1cc2cccc(C)c2nc1SCC(=O)c1ccccc1. The van der Waals surface area contributed by atoms with E-state index in [-0.39, 0.29) is 5.78 Å². The molecule has 2 aromatic carbocycles. The second-order valence-electron chi connectivity index (χ2n) is 5.33. The van der Waals surface area contributed by atoms with Gasteiger partial charge in [0, 0.05) is 10.9 Å². The van der Waals surface area contributed by atoms with Crippen molar-refractivity contribution in [2.75, 3.05) is 5.75 Å². The zero-order valence-electron chi connectivity index (χ0n) is 12.7. The number of rotatable bonds is 4. The first-order valence-corrected chi connectivity index (χ1v) is 8.22. The Labute approximate surface area is 134 Å². The van der Waals surface area contributed by atoms with E-state index in [9.17, 15) is 4.79 Å². The third-order valence-electron chi connectivity index (χ3n) is 3.63. The largest absolute Gasteiger partial charge is 0.293 e. The van der Waals surface area contributed by atoms with Gasteiger partial charge >= 0.3 is 0 Å². The van der Waals surface area contributed by atoms with Gasteiger partial charge in [-0.2, -0.15) is 0 Å². The molecule has 0 N–H and O–H groups in total. The molecular weight excluding hydrogens is 290 g/mol. The molecule has 1 heterocycles. The number of aryl methyl sites for hydroxylation is 2. The van der Waals surface area contributed by atoms with Gasteiger partial charge in [0.05, 0.1) is 11.3 Å². The Morgan fingerprint density at radius 1 is 1.00 bits per heavy atom. The van der Waals surface area contributed by atoms with E-state index in [4.69, 9.17) is 4.98 Å². The molecule has 3 rings (SSSR count). The lowest BCUT2D eigenvalue weighted by Gasteiger charge is -2.08. The highest BCUT2D eigenvalue weighted by Gasteiger charge is 2.10. The monoisotopic (exact) mass is 307 g/mol. The molecule has 0 aliphatic heterocycles. The number of hydrogen-bond donors (Lipinski definition) is 0. The van der Waals surface area contributed by atoms with Crippen molar-refractivity contribution in [3.8, 4) is 0 Å². The molecule has 0 saturated heterocycles. The summed E-state index contributed by atoms with van der Waals surface area (Å²) in [6.07, 6.45) is 0. The average Bonchev–Trinajstić information content (AvgIpc) is 2.54. The van der Waals surface area contributed by atoms with Crippen molar-refractivity contribution >= 4 is 28.4 Å². The lowest BCUT2D eigenvalue weighted by Crippen LogP contribution is -2.02. The van der Waals surface area contributed by atoms with Crippen LogP contribution in [0.25, 0.3) is 10.9 Å². The van der Waals surface area contributed by atoms with Crippen molar-refractivity contribution in [1.29, 1.82) is 0 Å². The number of hydrogen-bond acceptors (Lipinski definition) is 3. The van der Waals surface area contributed by atoms with Gasteiger partial charge < -0.3 is 0 Å². The second-order valence-corrected chi connectivity index (χ2v) is 6.30. The highest BCUT2D eigenvalue weighted by atomic mass is 32.2. The number of fused-ring (bicyclic) bond motifs is 1. The first-order valence-electron chi connectivity index (χ1n) is 7.23. The lowest BCUT2D eigenvalue weighted by molar-refractivity contribution is 0.102. The first-order chi connectivity index (χ1) is 10.6. The Morgan fingerprint density at radius 3 is 2.55 bits per heavy atom. The Hall–Kier alpha value is -2.13. The molecule has 0 fully saturated rings. The number of carbonyl (C=O) groups excluding carboxylic acids is 1. The summed E-state index contributed by atoms with van der Waals surface area (Å²) in [5, 5.41) is 2.09. The predicted octanol–water partition coefficient (Wildman–Crippen LogP) is 4.83. The molecule has 3 aromatic rings. The third-order valence-corrected chi connectivity index (χ3v) is 4.72. The molecule has 3 heteroatoms. The zero-order valence-corrected chi connectivity index (χ0v) is 13.5. The van der Waals surface area contributed by atoms with E-state index in [2.05, 4.69) is 25.1 Å². The minimum atomic E-state index is 0.136. The van der Waals surface area contributed by atoms with Crippen LogP contribution < -0.4 is 0 Å². The van der Waals surface area contributed by atoms with Gasteiger partial charge in [-0.15, -0.1) is 0 Å². The fourth-order valence-electron chi connectivity index (χ4n) is 2.42. The van der Waals surface area contributed by atoms with E-state index in [0.717, 1.165) is 32.6 Å². The van der Waals surface area contributed by atoms with Crippen molar-refractivity contribution in [3.05, 3.63) is 71.3 Å². The van der Waals surface area contributed by atoms with Crippen molar-refractivity contribution in [2.45, 2.75) is 18.9 Å². The number of Topliss-reactive ketones (excluding diaryl/α,β-unsaturated/α-hetero) is 1. The number of benzene rings is 2. The van der Waals surface area contributed by atoms with Crippen LogP contribution >= 0.6 is 11.8 Å². The molecule has 0 atom stereocenters. The maximum absolute atomic E-state index is 12.2. The van der Waals surface area contributed by atoms with Crippen molar-refractivity contribution in [2.24, 2.45) is 0 Å². The minimum Gasteiger partial charge on any atom is -0.293 e. The smallest absolute Gasteiger partial charge is 0.173 e. The number of pyridine rings is 1. The van der Waals surface area contributed by atoms with E-state index >= 15 is 0 Å². The van der Waals surface area contributed by atoms with Crippen LogP contribution in [0.4, 0.5) is 0 Å². The molecule has 0 amide bonds. The highest BCUT2D eigenvalue weighted by molar-refractivity contribution is 8.00. The summed E-state index contributed by atoms with van der Waals surface area (Å²) in [7, 11) is 0. The average molecular weight is 307 g/mol. The van der Waals surface area contributed by atoms with E-state index in [1.54, 1.807) is 0 Å². The van der Waals surface area contributed by atoms with Crippen LogP contribution in [0.3, 0.4) is 0 Å². The Balaban J connectivity index is 1.83. The number of aromatic nitrogens is 1. The van der Waals surface area contributed by atoms with E-state index in [0.29, 0.717) is 5.75 Å². The molecular formula is C19H17NOS. The topological polar surface area (TPSA) is 30.0 Å². The van der Waals surface area contributed by atoms with Gasteiger partial charge in [-0.25, -0.2) is 4.98 Å². The summed E-state index contributed by atoms with van der Waals surface area (Å²) in [6.45, 7) is 4.11. The number of carbonyl (C=O) groups is 1. The predicted molar refractivity (Wildman–Crippen MR) is 92.7 cm³/mol. The fraction of sp³-hybridized carbons (Fsp3) is 0.158. The molecule has 1 aromatic heterocycles. The quantitative estimate of drug-likeness (QED) is 0.511. The fourth-order valence-corrected chi connectivity index (χ4v) is 3.30. The number of para-hydroxylation sites is 1. The maximum atomic E-state index is 12.2. The third kappa shape index (κ3) is 3.04. The summed E-state index contributed by atoms with van der Waals surface area (Å²) >= 11 is 1.51. The molecule has 0 bridgehead atoms. The summed E-state index contributed by atoms with van der Waals surface area (Å²) in [6, 6.07) is 17.7. The number of thioether (sulfide) groups is 1. The standard InChI is InChI=1S/C19H17NOS/c1-13-7-6-10-16-11-14(2)19(20-18(13)16)22-12-17(21)15-8-4-3-5-9-15/h3-11H,12H2,1-2H3. The van der Waals surface area contributed by atoms with Crippen LogP contribution in [0, 0.1) is 13.8 Å². The molecule has 2 nitrogen and oxygen atoms in total. The van der Waals surface area contributed by atoms with E-state index < -0.39 is 0 Å². The van der Waals surface area contributed by atoms with Crippen molar-refractivity contribution in [3.63, 3.8) is 0 Å². The maximum Gasteiger partial charge on any atom is 0.173 e. The Bertz CT molecular complexity index is 827. The van der Waals surface area contributed by atoms with Gasteiger partial charge in [-0.1, -0.05) is 60.3 Å². The van der Waals surface area contributed by atoms with Crippen molar-refractivity contribution < 1.29 is 4.79 Å². The summed E-state index contributed by atoms with van der Waals surface area (Å²) in [5.41, 5.74) is 4.05. The summed E-state index contributed by atoms with van der Waals surface area (Å²) < 4.78 is 0. The number of ketones is 1. The van der Waals surface area contributed by atoms with Crippen LogP contribution in [0.2, 0.25) is 0 Å². The number of nitrogens with zero attached hydrogens (tertiary/aromatic N) is 1.